The van der Waals surface area contributed by atoms with Crippen LogP contribution in [0.15, 0.2) is 50.7 Å². The molecule has 0 radical (unpaired) electrons. The summed E-state index contributed by atoms with van der Waals surface area (Å²) < 4.78 is 5.45. The monoisotopic (exact) mass is 341 g/mol. The molecule has 0 atom stereocenters. The molecule has 2 heterocycles. The van der Waals surface area contributed by atoms with Crippen molar-refractivity contribution < 1.29 is 14.0 Å². The molecule has 1 aliphatic heterocycles. The third-order valence-corrected chi connectivity index (χ3v) is 4.01. The summed E-state index contributed by atoms with van der Waals surface area (Å²) in [7, 11) is 0. The van der Waals surface area contributed by atoms with E-state index in [2.05, 4.69) is 15.6 Å². The molecule has 2 amide bonds. The maximum atomic E-state index is 12.0. The van der Waals surface area contributed by atoms with Crippen molar-refractivity contribution in [1.29, 1.82) is 0 Å². The van der Waals surface area contributed by atoms with Gasteiger partial charge in [-0.15, -0.1) is 0 Å². The van der Waals surface area contributed by atoms with E-state index in [1.54, 1.807) is 30.3 Å². The number of rotatable bonds is 3. The number of nitrogens with zero attached hydrogens (tertiary/aromatic N) is 1. The number of amidine groups is 1. The minimum atomic E-state index is -0.206. The lowest BCUT2D eigenvalue weighted by Crippen LogP contribution is -2.19. The van der Waals surface area contributed by atoms with Gasteiger partial charge < -0.3 is 15.1 Å². The molecule has 0 spiro atoms. The zero-order valence-electron chi connectivity index (χ0n) is 13.1. The predicted octanol–water partition coefficient (Wildman–Crippen LogP) is 3.44. The summed E-state index contributed by atoms with van der Waals surface area (Å²) in [5.74, 6) is 1.09. The minimum absolute atomic E-state index is 0.129. The number of anilines is 1. The van der Waals surface area contributed by atoms with Crippen LogP contribution in [-0.2, 0) is 9.59 Å². The van der Waals surface area contributed by atoms with Gasteiger partial charge in [0.2, 0.25) is 5.91 Å². The summed E-state index contributed by atoms with van der Waals surface area (Å²) in [5, 5.41) is 5.91. The van der Waals surface area contributed by atoms with E-state index in [1.165, 1.54) is 18.7 Å². The van der Waals surface area contributed by atoms with E-state index in [0.29, 0.717) is 27.2 Å². The number of benzene rings is 1. The third-order valence-electron chi connectivity index (χ3n) is 3.10. The van der Waals surface area contributed by atoms with Gasteiger partial charge in [-0.05, 0) is 55.1 Å². The lowest BCUT2D eigenvalue weighted by Gasteiger charge is -2.02. The molecule has 1 aromatic carbocycles. The summed E-state index contributed by atoms with van der Waals surface area (Å²) in [4.78, 5) is 27.9. The molecule has 6 nitrogen and oxygen atoms in total. The zero-order chi connectivity index (χ0) is 17.1. The van der Waals surface area contributed by atoms with Gasteiger partial charge in [-0.25, -0.2) is 4.99 Å². The Morgan fingerprint density at radius 1 is 1.25 bits per heavy atom. The number of hydrogen-bond acceptors (Lipinski definition) is 5. The number of carbonyl (C=O) groups excluding carboxylic acids is 2. The Balaban J connectivity index is 1.74. The highest BCUT2D eigenvalue weighted by molar-refractivity contribution is 8.18. The molecule has 1 saturated heterocycles. The molecule has 2 N–H and O–H groups in total. The molecular formula is C17H15N3O3S. The standard InChI is InChI=1S/C17H15N3O3S/c1-10-3-8-14(23-10)9-15-16(22)20-17(24-15)19-13-6-4-12(5-7-13)18-11(2)21/h3-9H,1-2H3,(H,18,21)(H,19,20,22)/b15-9+. The van der Waals surface area contributed by atoms with Gasteiger partial charge in [0.15, 0.2) is 5.17 Å². The number of aliphatic imine (C=N–C) groups is 1. The van der Waals surface area contributed by atoms with Gasteiger partial charge in [-0.1, -0.05) is 0 Å². The van der Waals surface area contributed by atoms with Crippen LogP contribution in [-0.4, -0.2) is 17.0 Å². The van der Waals surface area contributed by atoms with Gasteiger partial charge >= 0.3 is 0 Å². The van der Waals surface area contributed by atoms with E-state index >= 15 is 0 Å². The summed E-state index contributed by atoms with van der Waals surface area (Å²) in [5.41, 5.74) is 1.38. The largest absolute Gasteiger partial charge is 0.462 e. The quantitative estimate of drug-likeness (QED) is 0.838. The van der Waals surface area contributed by atoms with Crippen LogP contribution in [0.2, 0.25) is 0 Å². The second-order valence-electron chi connectivity index (χ2n) is 5.16. The highest BCUT2D eigenvalue weighted by Crippen LogP contribution is 2.28. The van der Waals surface area contributed by atoms with Crippen LogP contribution in [0.1, 0.15) is 18.4 Å². The van der Waals surface area contributed by atoms with E-state index in [4.69, 9.17) is 4.42 Å². The van der Waals surface area contributed by atoms with E-state index in [-0.39, 0.29) is 11.8 Å². The van der Waals surface area contributed by atoms with Crippen molar-refractivity contribution in [2.75, 3.05) is 5.32 Å². The number of carbonyl (C=O) groups is 2. The second-order valence-corrected chi connectivity index (χ2v) is 6.19. The molecule has 1 fully saturated rings. The van der Waals surface area contributed by atoms with E-state index in [0.717, 1.165) is 5.76 Å². The van der Waals surface area contributed by atoms with Crippen LogP contribution < -0.4 is 10.6 Å². The Kier molecular flexibility index (Phi) is 4.52. The molecule has 24 heavy (non-hydrogen) atoms. The molecule has 0 bridgehead atoms. The SMILES string of the molecule is CC(=O)Nc1ccc(N=C2NC(=O)/C(=C\c3ccc(C)o3)S2)cc1. The average Bonchev–Trinajstić information content (AvgIpc) is 3.07. The lowest BCUT2D eigenvalue weighted by molar-refractivity contribution is -0.115. The maximum Gasteiger partial charge on any atom is 0.264 e. The van der Waals surface area contributed by atoms with Crippen LogP contribution in [0.3, 0.4) is 0 Å². The van der Waals surface area contributed by atoms with Gasteiger partial charge in [0.25, 0.3) is 5.91 Å². The second kappa shape index (κ2) is 6.76. The fourth-order valence-electron chi connectivity index (χ4n) is 2.08. The molecule has 0 aliphatic carbocycles. The first-order valence-corrected chi connectivity index (χ1v) is 8.05. The summed E-state index contributed by atoms with van der Waals surface area (Å²) in [6, 6.07) is 10.7. The van der Waals surface area contributed by atoms with Crippen molar-refractivity contribution in [3.63, 3.8) is 0 Å². The smallest absolute Gasteiger partial charge is 0.264 e. The van der Waals surface area contributed by atoms with Crippen LogP contribution in [0.25, 0.3) is 6.08 Å². The number of hydrogen-bond donors (Lipinski definition) is 2. The lowest BCUT2D eigenvalue weighted by atomic mass is 10.3. The first kappa shape index (κ1) is 16.1. The molecule has 0 saturated carbocycles. The number of aryl methyl sites for hydroxylation is 1. The number of thioether (sulfide) groups is 1. The van der Waals surface area contributed by atoms with Crippen molar-refractivity contribution in [2.45, 2.75) is 13.8 Å². The summed E-state index contributed by atoms with van der Waals surface area (Å²) in [6.45, 7) is 3.30. The number of furan rings is 1. The van der Waals surface area contributed by atoms with Crippen LogP contribution in [0.4, 0.5) is 11.4 Å². The van der Waals surface area contributed by atoms with Gasteiger partial charge in [-0.3, -0.25) is 9.59 Å². The minimum Gasteiger partial charge on any atom is -0.462 e. The van der Waals surface area contributed by atoms with Crippen molar-refractivity contribution >= 4 is 46.2 Å². The zero-order valence-corrected chi connectivity index (χ0v) is 13.9. The first-order valence-electron chi connectivity index (χ1n) is 7.23. The molecule has 1 aliphatic rings. The molecule has 0 unspecified atom stereocenters. The molecule has 3 rings (SSSR count). The third kappa shape index (κ3) is 3.94. The van der Waals surface area contributed by atoms with Crippen LogP contribution in [0.5, 0.6) is 0 Å². The fourth-order valence-corrected chi connectivity index (χ4v) is 2.90. The topological polar surface area (TPSA) is 83.7 Å². The van der Waals surface area contributed by atoms with Crippen molar-refractivity contribution in [1.82, 2.24) is 5.32 Å². The van der Waals surface area contributed by atoms with Gasteiger partial charge in [0.1, 0.15) is 11.5 Å². The fraction of sp³-hybridized carbons (Fsp3) is 0.118. The van der Waals surface area contributed by atoms with Crippen molar-refractivity contribution in [3.8, 4) is 0 Å². The van der Waals surface area contributed by atoms with Crippen LogP contribution in [0, 0.1) is 6.92 Å². The Bertz CT molecular complexity index is 850. The van der Waals surface area contributed by atoms with Gasteiger partial charge in [0, 0.05) is 18.7 Å². The van der Waals surface area contributed by atoms with Crippen LogP contribution >= 0.6 is 11.8 Å². The van der Waals surface area contributed by atoms with Gasteiger partial charge in [-0.2, -0.15) is 0 Å². The molecule has 122 valence electrons. The van der Waals surface area contributed by atoms with Crippen molar-refractivity contribution in [3.05, 3.63) is 52.8 Å². The molecule has 7 heteroatoms. The highest BCUT2D eigenvalue weighted by atomic mass is 32.2. The van der Waals surface area contributed by atoms with Gasteiger partial charge in [0.05, 0.1) is 10.6 Å². The Labute approximate surface area is 143 Å². The van der Waals surface area contributed by atoms with E-state index in [9.17, 15) is 9.59 Å². The predicted molar refractivity (Wildman–Crippen MR) is 95.0 cm³/mol. The summed E-state index contributed by atoms with van der Waals surface area (Å²) >= 11 is 1.25. The number of amides is 2. The average molecular weight is 341 g/mol. The first-order chi connectivity index (χ1) is 11.5. The Hall–Kier alpha value is -2.80. The molecule has 2 aromatic rings. The maximum absolute atomic E-state index is 12.0. The number of nitrogens with one attached hydrogen (secondary N) is 2. The van der Waals surface area contributed by atoms with Crippen molar-refractivity contribution in [2.24, 2.45) is 4.99 Å². The molecule has 1 aromatic heterocycles. The van der Waals surface area contributed by atoms with E-state index in [1.807, 2.05) is 19.1 Å². The molecular weight excluding hydrogens is 326 g/mol. The highest BCUT2D eigenvalue weighted by Gasteiger charge is 2.24. The Morgan fingerprint density at radius 3 is 2.62 bits per heavy atom. The Morgan fingerprint density at radius 2 is 2.00 bits per heavy atom. The normalized spacial score (nSPS) is 17.3. The summed E-state index contributed by atoms with van der Waals surface area (Å²) in [6.07, 6.45) is 1.69. The van der Waals surface area contributed by atoms with E-state index < -0.39 is 0 Å².